The fourth-order valence-corrected chi connectivity index (χ4v) is 2.39. The Morgan fingerprint density at radius 2 is 1.91 bits per heavy atom. The maximum absolute atomic E-state index is 12.2. The number of hydrogen-bond donors (Lipinski definition) is 1. The van der Waals surface area contributed by atoms with Gasteiger partial charge in [0, 0.05) is 5.41 Å². The molecule has 0 saturated carbocycles. The molecule has 23 heavy (non-hydrogen) atoms. The topological polar surface area (TPSA) is 91.0 Å². The van der Waals surface area contributed by atoms with Crippen LogP contribution in [-0.4, -0.2) is 36.1 Å². The third kappa shape index (κ3) is 3.57. The molecule has 130 valence electrons. The normalized spacial score (nSPS) is 21.0. The molecule has 1 N–H and O–H groups in total. The van der Waals surface area contributed by atoms with Crippen LogP contribution in [0.5, 0.6) is 0 Å². The lowest BCUT2D eigenvalue weighted by molar-refractivity contribution is -0.299. The zero-order chi connectivity index (χ0) is 17.3. The highest BCUT2D eigenvalue weighted by molar-refractivity contribution is 5.89. The first-order valence-corrected chi connectivity index (χ1v) is 7.87. The molecule has 0 unspecified atom stereocenters. The monoisotopic (exact) mass is 327 g/mol. The zero-order valence-electron chi connectivity index (χ0n) is 14.3. The van der Waals surface area contributed by atoms with Gasteiger partial charge in [0.1, 0.15) is 6.10 Å². The third-order valence-electron chi connectivity index (χ3n) is 3.81. The van der Waals surface area contributed by atoms with Crippen molar-refractivity contribution in [3.8, 4) is 0 Å². The van der Waals surface area contributed by atoms with Gasteiger partial charge in [-0.05, 0) is 20.3 Å². The smallest absolute Gasteiger partial charge is 0.361 e. The minimum Gasteiger partial charge on any atom is -0.461 e. The highest BCUT2D eigenvalue weighted by Crippen LogP contribution is 2.41. The van der Waals surface area contributed by atoms with Gasteiger partial charge in [-0.25, -0.2) is 4.79 Å². The summed E-state index contributed by atoms with van der Waals surface area (Å²) in [5.41, 5.74) is 0.155. The number of hydrogen-bond acceptors (Lipinski definition) is 7. The van der Waals surface area contributed by atoms with Crippen molar-refractivity contribution in [3.63, 3.8) is 0 Å². The number of aliphatic hydroxyl groups excluding tert-OH is 1. The Labute approximate surface area is 135 Å². The molecule has 2 heterocycles. The van der Waals surface area contributed by atoms with Crippen LogP contribution in [0.4, 0.5) is 0 Å². The molecule has 1 saturated heterocycles. The van der Waals surface area contributed by atoms with Gasteiger partial charge >= 0.3 is 5.97 Å². The van der Waals surface area contributed by atoms with Crippen molar-refractivity contribution in [1.82, 2.24) is 5.16 Å². The number of aliphatic hydroxyl groups is 1. The fraction of sp³-hybridized carbons (Fsp3) is 0.750. The van der Waals surface area contributed by atoms with E-state index in [9.17, 15) is 9.90 Å². The number of carbonyl (C=O) groups excluding carboxylic acids is 1. The van der Waals surface area contributed by atoms with Crippen molar-refractivity contribution in [3.05, 3.63) is 17.0 Å². The molecule has 0 radical (unpaired) electrons. The maximum atomic E-state index is 12.2. The van der Waals surface area contributed by atoms with Crippen LogP contribution >= 0.6 is 0 Å². The first kappa shape index (κ1) is 17.9. The summed E-state index contributed by atoms with van der Waals surface area (Å²) in [6.45, 7) is 10.3. The number of carbonyl (C=O) groups is 1. The molecule has 1 aliphatic rings. The highest BCUT2D eigenvalue weighted by Gasteiger charge is 2.45. The van der Waals surface area contributed by atoms with Crippen LogP contribution in [0.3, 0.4) is 0 Å². The van der Waals surface area contributed by atoms with Gasteiger partial charge in [-0.15, -0.1) is 0 Å². The van der Waals surface area contributed by atoms with Crippen molar-refractivity contribution >= 4 is 5.97 Å². The van der Waals surface area contributed by atoms with E-state index >= 15 is 0 Å². The first-order valence-electron chi connectivity index (χ1n) is 7.87. The second kappa shape index (κ2) is 6.59. The molecule has 0 aliphatic carbocycles. The Balaban J connectivity index is 2.45. The average molecular weight is 327 g/mol. The first-order chi connectivity index (χ1) is 10.7. The molecule has 1 fully saturated rings. The lowest BCUT2D eigenvalue weighted by Gasteiger charge is -2.41. The van der Waals surface area contributed by atoms with Crippen LogP contribution in [0.15, 0.2) is 4.52 Å². The summed E-state index contributed by atoms with van der Waals surface area (Å²) >= 11 is 0. The maximum Gasteiger partial charge on any atom is 0.361 e. The lowest BCUT2D eigenvalue weighted by Crippen LogP contribution is -2.44. The summed E-state index contributed by atoms with van der Waals surface area (Å²) in [6.07, 6.45) is -0.494. The summed E-state index contributed by atoms with van der Waals surface area (Å²) in [6, 6.07) is 0. The van der Waals surface area contributed by atoms with Gasteiger partial charge in [0.2, 0.25) is 0 Å². The Morgan fingerprint density at radius 3 is 2.43 bits per heavy atom. The Kier molecular flexibility index (Phi) is 5.13. The van der Waals surface area contributed by atoms with Crippen LogP contribution in [0, 0.1) is 5.41 Å². The van der Waals surface area contributed by atoms with Gasteiger partial charge in [-0.3, -0.25) is 0 Å². The molecule has 0 bridgehead atoms. The molecule has 0 aromatic carbocycles. The minimum atomic E-state index is -1.22. The van der Waals surface area contributed by atoms with Crippen LogP contribution in [0.1, 0.15) is 69.0 Å². The largest absolute Gasteiger partial charge is 0.461 e. The number of nitrogens with zero attached hydrogens (tertiary/aromatic N) is 1. The molecule has 1 aromatic heterocycles. The van der Waals surface area contributed by atoms with Crippen LogP contribution in [-0.2, 0) is 20.0 Å². The zero-order valence-corrected chi connectivity index (χ0v) is 14.3. The standard InChI is InChI=1S/C16H25NO6/c1-6-10(18)13-11(12(17-23-13)14(19)20-7-2)16(5)21-8-15(3,4)9-22-16/h10,18H,6-9H2,1-5H3/t10-/m1/s1. The average Bonchev–Trinajstić information content (AvgIpc) is 2.96. The van der Waals surface area contributed by atoms with Gasteiger partial charge in [-0.1, -0.05) is 25.9 Å². The molecule has 1 atom stereocenters. The van der Waals surface area contributed by atoms with Crippen molar-refractivity contribution in [1.29, 1.82) is 0 Å². The molecule has 7 heteroatoms. The van der Waals surface area contributed by atoms with Gasteiger partial charge in [0.25, 0.3) is 0 Å². The van der Waals surface area contributed by atoms with E-state index in [4.69, 9.17) is 18.7 Å². The van der Waals surface area contributed by atoms with Crippen molar-refractivity contribution in [2.45, 2.75) is 52.9 Å². The number of esters is 1. The van der Waals surface area contributed by atoms with Gasteiger partial charge in [0.05, 0.1) is 25.4 Å². The molecular weight excluding hydrogens is 302 g/mol. The predicted molar refractivity (Wildman–Crippen MR) is 80.7 cm³/mol. The highest BCUT2D eigenvalue weighted by atomic mass is 16.7. The SMILES string of the molecule is CCOC(=O)c1noc([C@H](O)CC)c1C1(C)OCC(C)(C)CO1. The van der Waals surface area contributed by atoms with E-state index in [0.717, 1.165) is 0 Å². The second-order valence-electron chi connectivity index (χ2n) is 6.60. The Morgan fingerprint density at radius 1 is 1.30 bits per heavy atom. The van der Waals surface area contributed by atoms with Crippen LogP contribution in [0.2, 0.25) is 0 Å². The molecule has 7 nitrogen and oxygen atoms in total. The summed E-state index contributed by atoms with van der Waals surface area (Å²) in [4.78, 5) is 12.2. The van der Waals surface area contributed by atoms with Gasteiger partial charge < -0.3 is 23.8 Å². The van der Waals surface area contributed by atoms with Crippen molar-refractivity contribution in [2.24, 2.45) is 5.41 Å². The third-order valence-corrected chi connectivity index (χ3v) is 3.81. The quantitative estimate of drug-likeness (QED) is 0.831. The number of ether oxygens (including phenoxy) is 3. The summed E-state index contributed by atoms with van der Waals surface area (Å²) in [7, 11) is 0. The van der Waals surface area contributed by atoms with Crippen molar-refractivity contribution < 1.29 is 28.6 Å². The molecular formula is C16H25NO6. The number of rotatable bonds is 5. The summed E-state index contributed by atoms with van der Waals surface area (Å²) in [5, 5.41) is 14.0. The van der Waals surface area contributed by atoms with E-state index in [2.05, 4.69) is 5.16 Å². The lowest BCUT2D eigenvalue weighted by atomic mass is 9.92. The molecule has 2 rings (SSSR count). The minimum absolute atomic E-state index is 0.0171. The van der Waals surface area contributed by atoms with E-state index in [1.54, 1.807) is 20.8 Å². The van der Waals surface area contributed by atoms with E-state index in [1.165, 1.54) is 0 Å². The van der Waals surface area contributed by atoms with E-state index in [1.807, 2.05) is 13.8 Å². The van der Waals surface area contributed by atoms with Gasteiger partial charge in [0.15, 0.2) is 17.2 Å². The predicted octanol–water partition coefficient (Wildman–Crippen LogP) is 2.54. The van der Waals surface area contributed by atoms with E-state index < -0.39 is 17.9 Å². The Hall–Kier alpha value is -1.44. The molecule has 1 aliphatic heterocycles. The number of aromatic nitrogens is 1. The molecule has 1 aromatic rings. The summed E-state index contributed by atoms with van der Waals surface area (Å²) in [5.74, 6) is -1.67. The second-order valence-corrected chi connectivity index (χ2v) is 6.60. The summed E-state index contributed by atoms with van der Waals surface area (Å²) < 4.78 is 22.0. The van der Waals surface area contributed by atoms with Gasteiger partial charge in [-0.2, -0.15) is 0 Å². The van der Waals surface area contributed by atoms with Crippen LogP contribution in [0.25, 0.3) is 0 Å². The van der Waals surface area contributed by atoms with E-state index in [-0.39, 0.29) is 23.5 Å². The van der Waals surface area contributed by atoms with Crippen molar-refractivity contribution in [2.75, 3.05) is 19.8 Å². The van der Waals surface area contributed by atoms with E-state index in [0.29, 0.717) is 25.2 Å². The fourth-order valence-electron chi connectivity index (χ4n) is 2.39. The Bertz CT molecular complexity index is 555. The molecule has 0 amide bonds. The van der Waals surface area contributed by atoms with Crippen LogP contribution < -0.4 is 0 Å². The molecule has 0 spiro atoms.